The van der Waals surface area contributed by atoms with Gasteiger partial charge in [0.1, 0.15) is 5.76 Å². The number of aryl methyl sites for hydroxylation is 1. The summed E-state index contributed by atoms with van der Waals surface area (Å²) in [6.07, 6.45) is 6.36. The van der Waals surface area contributed by atoms with Crippen molar-refractivity contribution in [1.29, 1.82) is 0 Å². The van der Waals surface area contributed by atoms with Crippen LogP contribution in [0.15, 0.2) is 41.3 Å². The lowest BCUT2D eigenvalue weighted by molar-refractivity contribution is 0.509. The van der Waals surface area contributed by atoms with Gasteiger partial charge in [0, 0.05) is 29.2 Å². The first-order valence-electron chi connectivity index (χ1n) is 5.84. The molecule has 2 heterocycles. The SMILES string of the molecule is CCc1occc1C(Br)C(C)c1ccncc1. The van der Waals surface area contributed by atoms with E-state index in [1.807, 2.05) is 12.4 Å². The van der Waals surface area contributed by atoms with Gasteiger partial charge in [-0.3, -0.25) is 4.98 Å². The van der Waals surface area contributed by atoms with Crippen LogP contribution in [0.2, 0.25) is 0 Å². The van der Waals surface area contributed by atoms with Gasteiger partial charge in [0.15, 0.2) is 0 Å². The Labute approximate surface area is 110 Å². The molecule has 0 radical (unpaired) electrons. The Hall–Kier alpha value is -1.09. The van der Waals surface area contributed by atoms with E-state index in [-0.39, 0.29) is 4.83 Å². The van der Waals surface area contributed by atoms with Crippen molar-refractivity contribution in [2.75, 3.05) is 0 Å². The van der Waals surface area contributed by atoms with Crippen LogP contribution in [0.25, 0.3) is 0 Å². The van der Waals surface area contributed by atoms with Crippen molar-refractivity contribution in [3.8, 4) is 0 Å². The molecule has 3 heteroatoms. The molecule has 0 saturated heterocycles. The minimum Gasteiger partial charge on any atom is -0.469 e. The van der Waals surface area contributed by atoms with E-state index in [1.165, 1.54) is 11.1 Å². The molecule has 0 fully saturated rings. The summed E-state index contributed by atoms with van der Waals surface area (Å²) < 4.78 is 5.48. The summed E-state index contributed by atoms with van der Waals surface area (Å²) in [5, 5.41) is 0. The van der Waals surface area contributed by atoms with Gasteiger partial charge in [0.05, 0.1) is 6.26 Å². The second kappa shape index (κ2) is 5.50. The van der Waals surface area contributed by atoms with Crippen LogP contribution in [0.1, 0.15) is 41.5 Å². The molecule has 2 atom stereocenters. The van der Waals surface area contributed by atoms with E-state index < -0.39 is 0 Å². The number of alkyl halides is 1. The minimum absolute atomic E-state index is 0.276. The molecule has 17 heavy (non-hydrogen) atoms. The Bertz CT molecular complexity index is 466. The molecule has 0 saturated carbocycles. The molecule has 90 valence electrons. The van der Waals surface area contributed by atoms with Crippen molar-refractivity contribution in [2.45, 2.75) is 31.0 Å². The number of pyridine rings is 1. The molecule has 0 aliphatic carbocycles. The van der Waals surface area contributed by atoms with Crippen molar-refractivity contribution < 1.29 is 4.42 Å². The highest BCUT2D eigenvalue weighted by atomic mass is 79.9. The van der Waals surface area contributed by atoms with Gasteiger partial charge < -0.3 is 4.42 Å². The molecular weight excluding hydrogens is 278 g/mol. The van der Waals surface area contributed by atoms with Gasteiger partial charge in [-0.05, 0) is 29.7 Å². The largest absolute Gasteiger partial charge is 0.469 e. The van der Waals surface area contributed by atoms with Crippen LogP contribution in [0.3, 0.4) is 0 Å². The monoisotopic (exact) mass is 293 g/mol. The van der Waals surface area contributed by atoms with Gasteiger partial charge in [0.2, 0.25) is 0 Å². The van der Waals surface area contributed by atoms with Crippen molar-refractivity contribution in [1.82, 2.24) is 4.98 Å². The van der Waals surface area contributed by atoms with Crippen molar-refractivity contribution in [3.05, 3.63) is 53.7 Å². The third kappa shape index (κ3) is 2.60. The Balaban J connectivity index is 2.23. The summed E-state index contributed by atoms with van der Waals surface area (Å²) in [7, 11) is 0. The van der Waals surface area contributed by atoms with Crippen LogP contribution < -0.4 is 0 Å². The standard InChI is InChI=1S/C14H16BrNO/c1-3-13-12(6-9-17-13)14(15)10(2)11-4-7-16-8-5-11/h4-10,14H,3H2,1-2H3. The lowest BCUT2D eigenvalue weighted by atomic mass is 9.94. The highest BCUT2D eigenvalue weighted by Gasteiger charge is 2.21. The van der Waals surface area contributed by atoms with E-state index in [4.69, 9.17) is 4.42 Å². The second-order valence-corrected chi connectivity index (χ2v) is 5.11. The smallest absolute Gasteiger partial charge is 0.107 e. The molecule has 0 amide bonds. The predicted octanol–water partition coefficient (Wildman–Crippen LogP) is 4.48. The van der Waals surface area contributed by atoms with E-state index in [0.717, 1.165) is 12.2 Å². The highest BCUT2D eigenvalue weighted by molar-refractivity contribution is 9.09. The maximum atomic E-state index is 5.48. The molecule has 2 nitrogen and oxygen atoms in total. The molecule has 0 N–H and O–H groups in total. The zero-order valence-corrected chi connectivity index (χ0v) is 11.6. The van der Waals surface area contributed by atoms with Gasteiger partial charge in [0.25, 0.3) is 0 Å². The molecule has 2 aromatic rings. The number of halogens is 1. The highest BCUT2D eigenvalue weighted by Crippen LogP contribution is 2.39. The number of furan rings is 1. The summed E-state index contributed by atoms with van der Waals surface area (Å²) in [5.41, 5.74) is 2.53. The fourth-order valence-electron chi connectivity index (χ4n) is 1.99. The van der Waals surface area contributed by atoms with Crippen LogP contribution in [0, 0.1) is 0 Å². The van der Waals surface area contributed by atoms with E-state index >= 15 is 0 Å². The third-order valence-corrected chi connectivity index (χ3v) is 4.36. The number of aromatic nitrogens is 1. The summed E-state index contributed by atoms with van der Waals surface area (Å²) in [4.78, 5) is 4.33. The summed E-state index contributed by atoms with van der Waals surface area (Å²) in [5.74, 6) is 1.45. The lowest BCUT2D eigenvalue weighted by Gasteiger charge is -2.18. The van der Waals surface area contributed by atoms with Gasteiger partial charge in [-0.25, -0.2) is 0 Å². The fraction of sp³-hybridized carbons (Fsp3) is 0.357. The second-order valence-electron chi connectivity index (χ2n) is 4.12. The molecule has 2 aromatic heterocycles. The van der Waals surface area contributed by atoms with E-state index in [0.29, 0.717) is 5.92 Å². The molecule has 2 unspecified atom stereocenters. The topological polar surface area (TPSA) is 26.0 Å². The van der Waals surface area contributed by atoms with Gasteiger partial charge >= 0.3 is 0 Å². The van der Waals surface area contributed by atoms with E-state index in [9.17, 15) is 0 Å². The van der Waals surface area contributed by atoms with Crippen molar-refractivity contribution >= 4 is 15.9 Å². The number of hydrogen-bond acceptors (Lipinski definition) is 2. The van der Waals surface area contributed by atoms with Gasteiger partial charge in [-0.1, -0.05) is 29.8 Å². The average molecular weight is 294 g/mol. The van der Waals surface area contributed by atoms with Crippen LogP contribution in [-0.2, 0) is 6.42 Å². The quantitative estimate of drug-likeness (QED) is 0.777. The molecule has 0 aromatic carbocycles. The van der Waals surface area contributed by atoms with Gasteiger partial charge in [-0.2, -0.15) is 0 Å². The van der Waals surface area contributed by atoms with Crippen molar-refractivity contribution in [3.63, 3.8) is 0 Å². The molecule has 0 spiro atoms. The van der Waals surface area contributed by atoms with Crippen LogP contribution >= 0.6 is 15.9 Å². The third-order valence-electron chi connectivity index (χ3n) is 3.07. The van der Waals surface area contributed by atoms with Crippen LogP contribution in [0.4, 0.5) is 0 Å². The zero-order valence-electron chi connectivity index (χ0n) is 10.1. The average Bonchev–Trinajstić information content (AvgIpc) is 2.86. The first-order valence-corrected chi connectivity index (χ1v) is 6.75. The summed E-state index contributed by atoms with van der Waals surface area (Å²) in [6.45, 7) is 4.32. The molecule has 0 aliphatic rings. The molecular formula is C14H16BrNO. The fourth-order valence-corrected chi connectivity index (χ4v) is 2.70. The van der Waals surface area contributed by atoms with Crippen LogP contribution in [0.5, 0.6) is 0 Å². The molecule has 0 bridgehead atoms. The number of hydrogen-bond donors (Lipinski definition) is 0. The van der Waals surface area contributed by atoms with Gasteiger partial charge in [-0.15, -0.1) is 0 Å². The minimum atomic E-state index is 0.276. The predicted molar refractivity (Wildman–Crippen MR) is 72.4 cm³/mol. The van der Waals surface area contributed by atoms with Crippen LogP contribution in [-0.4, -0.2) is 4.98 Å². The Morgan fingerprint density at radius 3 is 2.65 bits per heavy atom. The Morgan fingerprint density at radius 1 is 1.29 bits per heavy atom. The Morgan fingerprint density at radius 2 is 2.00 bits per heavy atom. The Kier molecular flexibility index (Phi) is 4.00. The normalized spacial score (nSPS) is 14.5. The molecule has 2 rings (SSSR count). The summed E-state index contributed by atoms with van der Waals surface area (Å²) >= 11 is 3.78. The van der Waals surface area contributed by atoms with Crippen molar-refractivity contribution in [2.24, 2.45) is 0 Å². The number of nitrogens with zero attached hydrogens (tertiary/aromatic N) is 1. The maximum absolute atomic E-state index is 5.48. The molecule has 0 aliphatic heterocycles. The first kappa shape index (κ1) is 12.4. The first-order chi connectivity index (χ1) is 8.24. The lowest BCUT2D eigenvalue weighted by Crippen LogP contribution is -2.03. The van der Waals surface area contributed by atoms with E-state index in [2.05, 4.69) is 53.0 Å². The zero-order chi connectivity index (χ0) is 12.3. The van der Waals surface area contributed by atoms with E-state index in [1.54, 1.807) is 6.26 Å². The maximum Gasteiger partial charge on any atom is 0.107 e. The summed E-state index contributed by atoms with van der Waals surface area (Å²) in [6, 6.07) is 6.17. The number of rotatable bonds is 4.